The number of ether oxygens (including phenoxy) is 2. The van der Waals surface area contributed by atoms with Gasteiger partial charge in [0.1, 0.15) is 0 Å². The molecule has 116 valence electrons. The molecule has 2 atom stereocenters. The van der Waals surface area contributed by atoms with Gasteiger partial charge in [0.2, 0.25) is 0 Å². The number of likely N-dealkylation sites (tertiary alicyclic amines) is 1. The first kappa shape index (κ1) is 14.8. The van der Waals surface area contributed by atoms with Crippen LogP contribution in [-0.2, 0) is 9.47 Å². The first-order valence-corrected chi connectivity index (χ1v) is 8.58. The van der Waals surface area contributed by atoms with E-state index < -0.39 is 0 Å². The fourth-order valence-corrected chi connectivity index (χ4v) is 4.20. The van der Waals surface area contributed by atoms with Crippen LogP contribution in [0.3, 0.4) is 0 Å². The van der Waals surface area contributed by atoms with Gasteiger partial charge in [-0.2, -0.15) is 0 Å². The number of likely N-dealkylation sites (N-methyl/N-ethyl adjacent to an activating group) is 1. The molecule has 4 heteroatoms. The Balaban J connectivity index is 1.70. The molecule has 3 aliphatic rings. The summed E-state index contributed by atoms with van der Waals surface area (Å²) in [7, 11) is 0. The maximum atomic E-state index is 5.98. The van der Waals surface area contributed by atoms with Crippen LogP contribution in [0.2, 0.25) is 0 Å². The lowest BCUT2D eigenvalue weighted by Gasteiger charge is -2.46. The van der Waals surface area contributed by atoms with Crippen LogP contribution in [0.1, 0.15) is 51.9 Å². The van der Waals surface area contributed by atoms with Gasteiger partial charge in [0.05, 0.1) is 13.2 Å². The summed E-state index contributed by atoms with van der Waals surface area (Å²) in [4.78, 5) is 2.71. The van der Waals surface area contributed by atoms with Crippen molar-refractivity contribution in [1.82, 2.24) is 10.2 Å². The lowest BCUT2D eigenvalue weighted by molar-refractivity contribution is -0.193. The van der Waals surface area contributed by atoms with Crippen molar-refractivity contribution in [3.8, 4) is 0 Å². The summed E-state index contributed by atoms with van der Waals surface area (Å²) in [5, 5.41) is 3.71. The molecule has 0 radical (unpaired) electrons. The summed E-state index contributed by atoms with van der Waals surface area (Å²) in [5.74, 6) is -0.261. The Morgan fingerprint density at radius 1 is 1.10 bits per heavy atom. The average molecular weight is 282 g/mol. The van der Waals surface area contributed by atoms with E-state index in [2.05, 4.69) is 17.1 Å². The molecule has 2 unspecified atom stereocenters. The maximum Gasteiger partial charge on any atom is 0.170 e. The van der Waals surface area contributed by atoms with Crippen molar-refractivity contribution in [2.24, 2.45) is 0 Å². The second kappa shape index (κ2) is 6.73. The number of nitrogens with zero attached hydrogens (tertiary/aromatic N) is 1. The topological polar surface area (TPSA) is 33.7 Å². The fourth-order valence-electron chi connectivity index (χ4n) is 4.20. The van der Waals surface area contributed by atoms with Crippen LogP contribution < -0.4 is 5.32 Å². The zero-order chi connectivity index (χ0) is 13.8. The SMILES string of the molecule is CCNC1CCC2(CC1N1CCCCCC1)OCCO2. The molecule has 0 aromatic rings. The second-order valence-corrected chi connectivity index (χ2v) is 6.53. The summed E-state index contributed by atoms with van der Waals surface area (Å²) >= 11 is 0. The fraction of sp³-hybridized carbons (Fsp3) is 1.00. The Morgan fingerprint density at radius 2 is 1.80 bits per heavy atom. The van der Waals surface area contributed by atoms with Crippen molar-refractivity contribution >= 4 is 0 Å². The Labute approximate surface area is 123 Å². The van der Waals surface area contributed by atoms with E-state index >= 15 is 0 Å². The Morgan fingerprint density at radius 3 is 2.45 bits per heavy atom. The highest BCUT2D eigenvalue weighted by Crippen LogP contribution is 2.38. The smallest absolute Gasteiger partial charge is 0.170 e. The molecular formula is C16H30N2O2. The normalized spacial score (nSPS) is 35.2. The van der Waals surface area contributed by atoms with Crippen molar-refractivity contribution in [1.29, 1.82) is 0 Å². The molecule has 0 aromatic heterocycles. The van der Waals surface area contributed by atoms with Crippen molar-refractivity contribution in [2.45, 2.75) is 69.7 Å². The van der Waals surface area contributed by atoms with E-state index in [1.807, 2.05) is 0 Å². The maximum absolute atomic E-state index is 5.98. The van der Waals surface area contributed by atoms with Crippen LogP contribution in [0.4, 0.5) is 0 Å². The van der Waals surface area contributed by atoms with Gasteiger partial charge < -0.3 is 14.8 Å². The van der Waals surface area contributed by atoms with Crippen molar-refractivity contribution in [2.75, 3.05) is 32.8 Å². The van der Waals surface area contributed by atoms with E-state index in [0.29, 0.717) is 12.1 Å². The van der Waals surface area contributed by atoms with Gasteiger partial charge in [-0.3, -0.25) is 4.90 Å². The minimum Gasteiger partial charge on any atom is -0.347 e. The molecule has 1 N–H and O–H groups in total. The molecular weight excluding hydrogens is 252 g/mol. The van der Waals surface area contributed by atoms with E-state index in [1.54, 1.807) is 0 Å². The van der Waals surface area contributed by atoms with Gasteiger partial charge in [-0.25, -0.2) is 0 Å². The van der Waals surface area contributed by atoms with Crippen LogP contribution in [0.25, 0.3) is 0 Å². The van der Waals surface area contributed by atoms with Gasteiger partial charge in [0.25, 0.3) is 0 Å². The number of hydrogen-bond acceptors (Lipinski definition) is 4. The Kier molecular flexibility index (Phi) is 4.97. The van der Waals surface area contributed by atoms with Crippen molar-refractivity contribution in [3.05, 3.63) is 0 Å². The molecule has 2 aliphatic heterocycles. The first-order chi connectivity index (χ1) is 9.83. The zero-order valence-electron chi connectivity index (χ0n) is 12.9. The Hall–Kier alpha value is -0.160. The Bertz CT molecular complexity index is 297. The summed E-state index contributed by atoms with van der Waals surface area (Å²) in [6, 6.07) is 1.19. The number of hydrogen-bond donors (Lipinski definition) is 1. The molecule has 1 saturated carbocycles. The van der Waals surface area contributed by atoms with Crippen LogP contribution in [-0.4, -0.2) is 55.6 Å². The van der Waals surface area contributed by atoms with E-state index in [9.17, 15) is 0 Å². The summed E-state index contributed by atoms with van der Waals surface area (Å²) in [5.41, 5.74) is 0. The standard InChI is InChI=1S/C16H30N2O2/c1-2-17-14-7-8-16(19-11-12-20-16)13-15(14)18-9-5-3-4-6-10-18/h14-15,17H,2-13H2,1H3. The van der Waals surface area contributed by atoms with Crippen LogP contribution in [0.5, 0.6) is 0 Å². The minimum atomic E-state index is -0.261. The highest BCUT2D eigenvalue weighted by Gasteiger charge is 2.46. The largest absolute Gasteiger partial charge is 0.347 e. The predicted octanol–water partition coefficient (Wildman–Crippen LogP) is 2.14. The van der Waals surface area contributed by atoms with Gasteiger partial charge in [-0.05, 0) is 38.9 Å². The van der Waals surface area contributed by atoms with Crippen molar-refractivity contribution in [3.63, 3.8) is 0 Å². The van der Waals surface area contributed by atoms with E-state index in [-0.39, 0.29) is 5.79 Å². The molecule has 1 aliphatic carbocycles. The monoisotopic (exact) mass is 282 g/mol. The van der Waals surface area contributed by atoms with Crippen molar-refractivity contribution < 1.29 is 9.47 Å². The van der Waals surface area contributed by atoms with Gasteiger partial charge in [-0.15, -0.1) is 0 Å². The third-order valence-electron chi connectivity index (χ3n) is 5.21. The molecule has 3 fully saturated rings. The number of rotatable bonds is 3. The molecule has 2 saturated heterocycles. The molecule has 0 aromatic carbocycles. The lowest BCUT2D eigenvalue weighted by atomic mass is 9.84. The first-order valence-electron chi connectivity index (χ1n) is 8.58. The third kappa shape index (κ3) is 3.19. The van der Waals surface area contributed by atoms with Gasteiger partial charge >= 0.3 is 0 Å². The van der Waals surface area contributed by atoms with E-state index in [4.69, 9.17) is 9.47 Å². The third-order valence-corrected chi connectivity index (χ3v) is 5.21. The van der Waals surface area contributed by atoms with E-state index in [1.165, 1.54) is 45.2 Å². The van der Waals surface area contributed by atoms with Crippen LogP contribution in [0.15, 0.2) is 0 Å². The minimum absolute atomic E-state index is 0.261. The second-order valence-electron chi connectivity index (χ2n) is 6.53. The van der Waals surface area contributed by atoms with Gasteiger partial charge in [0.15, 0.2) is 5.79 Å². The zero-order valence-corrected chi connectivity index (χ0v) is 12.9. The quantitative estimate of drug-likeness (QED) is 0.860. The average Bonchev–Trinajstić information content (AvgIpc) is 2.75. The molecule has 4 nitrogen and oxygen atoms in total. The summed E-state index contributed by atoms with van der Waals surface area (Å²) in [6.45, 7) is 7.33. The van der Waals surface area contributed by atoms with E-state index in [0.717, 1.165) is 32.6 Å². The molecule has 0 bridgehead atoms. The molecule has 2 heterocycles. The van der Waals surface area contributed by atoms with Gasteiger partial charge in [-0.1, -0.05) is 19.8 Å². The molecule has 3 rings (SSSR count). The molecule has 1 spiro atoms. The summed E-state index contributed by atoms with van der Waals surface area (Å²) in [6.07, 6.45) is 8.77. The van der Waals surface area contributed by atoms with Crippen LogP contribution in [0, 0.1) is 0 Å². The van der Waals surface area contributed by atoms with Crippen LogP contribution >= 0.6 is 0 Å². The number of nitrogens with one attached hydrogen (secondary N) is 1. The molecule has 20 heavy (non-hydrogen) atoms. The lowest BCUT2D eigenvalue weighted by Crippen LogP contribution is -2.58. The summed E-state index contributed by atoms with van der Waals surface area (Å²) < 4.78 is 12.0. The predicted molar refractivity (Wildman–Crippen MR) is 79.8 cm³/mol. The highest BCUT2D eigenvalue weighted by atomic mass is 16.7. The molecule has 0 amide bonds. The highest BCUT2D eigenvalue weighted by molar-refractivity contribution is 4.96. The van der Waals surface area contributed by atoms with Gasteiger partial charge in [0, 0.05) is 24.9 Å².